The minimum atomic E-state index is -0.592. The first-order valence-electron chi connectivity index (χ1n) is 11.1. The van der Waals surface area contributed by atoms with E-state index < -0.39 is 5.97 Å². The minimum absolute atomic E-state index is 0.198. The summed E-state index contributed by atoms with van der Waals surface area (Å²) < 4.78 is 15.4. The highest BCUT2D eigenvalue weighted by atomic mass is 16.5. The van der Waals surface area contributed by atoms with E-state index in [9.17, 15) is 14.4 Å². The summed E-state index contributed by atoms with van der Waals surface area (Å²) in [5, 5.41) is 0.649. The maximum atomic E-state index is 13.0. The number of fused-ring (bicyclic) bond motifs is 1. The number of piperidine rings is 1. The monoisotopic (exact) mass is 462 g/mol. The summed E-state index contributed by atoms with van der Waals surface area (Å²) in [6.45, 7) is 0.488. The molecule has 1 aliphatic heterocycles. The number of benzene rings is 2. The molecule has 0 spiro atoms. The molecule has 0 radical (unpaired) electrons. The van der Waals surface area contributed by atoms with Crippen LogP contribution in [-0.2, 0) is 19.1 Å². The lowest BCUT2D eigenvalue weighted by atomic mass is 9.97. The van der Waals surface area contributed by atoms with Gasteiger partial charge in [-0.1, -0.05) is 18.2 Å². The Bertz CT molecular complexity index is 1200. The molecule has 0 aliphatic carbocycles. The summed E-state index contributed by atoms with van der Waals surface area (Å²) in [7, 11) is 2.96. The fourth-order valence-electron chi connectivity index (χ4n) is 4.08. The molecule has 1 aromatic heterocycles. The molecule has 1 aliphatic rings. The summed E-state index contributed by atoms with van der Waals surface area (Å²) in [6.07, 6.45) is 1.07. The van der Waals surface area contributed by atoms with E-state index in [0.717, 1.165) is 11.3 Å². The van der Waals surface area contributed by atoms with E-state index in [4.69, 9.17) is 14.2 Å². The zero-order valence-electron chi connectivity index (χ0n) is 19.2. The van der Waals surface area contributed by atoms with Gasteiger partial charge in [0.05, 0.1) is 36.9 Å². The van der Waals surface area contributed by atoms with Gasteiger partial charge in [0.15, 0.2) is 6.61 Å². The van der Waals surface area contributed by atoms with Crippen molar-refractivity contribution >= 4 is 28.7 Å². The molecule has 0 unspecified atom stereocenters. The smallest absolute Gasteiger partial charge is 0.339 e. The van der Waals surface area contributed by atoms with Crippen molar-refractivity contribution in [2.75, 3.05) is 33.9 Å². The lowest BCUT2D eigenvalue weighted by Gasteiger charge is -2.30. The lowest BCUT2D eigenvalue weighted by molar-refractivity contribution is -0.149. The molecule has 1 amide bonds. The van der Waals surface area contributed by atoms with Gasteiger partial charge in [-0.3, -0.25) is 9.59 Å². The number of carbonyl (C=O) groups is 3. The number of hydrogen-bond acceptors (Lipinski definition) is 7. The van der Waals surface area contributed by atoms with Crippen LogP contribution in [0.2, 0.25) is 0 Å². The number of rotatable bonds is 6. The number of para-hydroxylation sites is 1. The van der Waals surface area contributed by atoms with Gasteiger partial charge < -0.3 is 19.1 Å². The second-order valence-corrected chi connectivity index (χ2v) is 8.06. The minimum Gasteiger partial charge on any atom is -0.497 e. The van der Waals surface area contributed by atoms with Gasteiger partial charge in [-0.2, -0.15) is 0 Å². The second kappa shape index (κ2) is 10.3. The summed E-state index contributed by atoms with van der Waals surface area (Å²) in [4.78, 5) is 43.6. The molecule has 1 saturated heterocycles. The normalized spacial score (nSPS) is 14.0. The van der Waals surface area contributed by atoms with Gasteiger partial charge in [-0.05, 0) is 49.2 Å². The molecule has 8 nitrogen and oxygen atoms in total. The van der Waals surface area contributed by atoms with Crippen molar-refractivity contribution in [3.05, 3.63) is 60.2 Å². The second-order valence-electron chi connectivity index (χ2n) is 8.06. The first kappa shape index (κ1) is 23.2. The zero-order chi connectivity index (χ0) is 24.1. The highest BCUT2D eigenvalue weighted by Crippen LogP contribution is 2.27. The third kappa shape index (κ3) is 5.01. The Labute approximate surface area is 197 Å². The van der Waals surface area contributed by atoms with Gasteiger partial charge in [0.1, 0.15) is 5.75 Å². The number of hydrogen-bond donors (Lipinski definition) is 0. The molecule has 2 aromatic carbocycles. The zero-order valence-corrected chi connectivity index (χ0v) is 19.2. The first-order valence-corrected chi connectivity index (χ1v) is 11.1. The van der Waals surface area contributed by atoms with Crippen LogP contribution >= 0.6 is 0 Å². The number of ether oxygens (including phenoxy) is 3. The van der Waals surface area contributed by atoms with E-state index in [0.29, 0.717) is 48.1 Å². The highest BCUT2D eigenvalue weighted by molar-refractivity contribution is 6.05. The van der Waals surface area contributed by atoms with Crippen LogP contribution in [0.15, 0.2) is 54.6 Å². The Morgan fingerprint density at radius 1 is 1.00 bits per heavy atom. The predicted molar refractivity (Wildman–Crippen MR) is 125 cm³/mol. The van der Waals surface area contributed by atoms with Crippen LogP contribution in [-0.4, -0.2) is 61.6 Å². The van der Waals surface area contributed by atoms with Gasteiger partial charge in [0.2, 0.25) is 0 Å². The van der Waals surface area contributed by atoms with E-state index in [1.165, 1.54) is 7.11 Å². The predicted octanol–water partition coefficient (Wildman–Crippen LogP) is 3.48. The van der Waals surface area contributed by atoms with Gasteiger partial charge in [0, 0.05) is 24.0 Å². The summed E-state index contributed by atoms with van der Waals surface area (Å²) in [5.41, 5.74) is 2.43. The first-order chi connectivity index (χ1) is 16.5. The summed E-state index contributed by atoms with van der Waals surface area (Å²) >= 11 is 0. The Morgan fingerprint density at radius 2 is 1.71 bits per heavy atom. The maximum Gasteiger partial charge on any atom is 0.339 e. The van der Waals surface area contributed by atoms with Gasteiger partial charge >= 0.3 is 11.9 Å². The molecule has 4 rings (SSSR count). The Hall–Kier alpha value is -3.94. The van der Waals surface area contributed by atoms with Crippen molar-refractivity contribution in [2.45, 2.75) is 12.8 Å². The quantitative estimate of drug-likeness (QED) is 0.518. The fourth-order valence-corrected chi connectivity index (χ4v) is 4.08. The van der Waals surface area contributed by atoms with Gasteiger partial charge in [-0.25, -0.2) is 9.78 Å². The molecule has 2 heterocycles. The average Bonchev–Trinajstić information content (AvgIpc) is 2.90. The SMILES string of the molecule is COC(=O)C1CCN(C(=O)COC(=O)c2cc(-c3ccc(OC)cc3)nc3ccccc23)CC1. The third-order valence-electron chi connectivity index (χ3n) is 6.03. The molecule has 0 N–H and O–H groups in total. The number of methoxy groups -OCH3 is 2. The molecule has 1 fully saturated rings. The number of amides is 1. The van der Waals surface area contributed by atoms with Crippen LogP contribution < -0.4 is 4.74 Å². The molecule has 0 atom stereocenters. The number of likely N-dealkylation sites (tertiary alicyclic amines) is 1. The third-order valence-corrected chi connectivity index (χ3v) is 6.03. The van der Waals surface area contributed by atoms with Crippen molar-refractivity contribution in [3.63, 3.8) is 0 Å². The fraction of sp³-hybridized carbons (Fsp3) is 0.308. The van der Waals surface area contributed by atoms with Crippen molar-refractivity contribution in [3.8, 4) is 17.0 Å². The Morgan fingerprint density at radius 3 is 2.38 bits per heavy atom. The number of aromatic nitrogens is 1. The van der Waals surface area contributed by atoms with Crippen LogP contribution in [0.25, 0.3) is 22.2 Å². The van der Waals surface area contributed by atoms with Crippen LogP contribution in [0, 0.1) is 5.92 Å². The number of esters is 2. The van der Waals surface area contributed by atoms with Gasteiger partial charge in [0.25, 0.3) is 5.91 Å². The van der Waals surface area contributed by atoms with Crippen molar-refractivity contribution in [1.82, 2.24) is 9.88 Å². The van der Waals surface area contributed by atoms with Gasteiger partial charge in [-0.15, -0.1) is 0 Å². The van der Waals surface area contributed by atoms with E-state index in [2.05, 4.69) is 4.98 Å². The lowest BCUT2D eigenvalue weighted by Crippen LogP contribution is -2.42. The molecule has 8 heteroatoms. The average molecular weight is 463 g/mol. The highest BCUT2D eigenvalue weighted by Gasteiger charge is 2.28. The molecule has 3 aromatic rings. The molecule has 0 bridgehead atoms. The molecule has 0 saturated carbocycles. The van der Waals surface area contributed by atoms with E-state index in [1.54, 1.807) is 24.1 Å². The number of nitrogens with zero attached hydrogens (tertiary/aromatic N) is 2. The molecular formula is C26H26N2O6. The Kier molecular flexibility index (Phi) is 7.06. The molecular weight excluding hydrogens is 436 g/mol. The maximum absolute atomic E-state index is 13.0. The van der Waals surface area contributed by atoms with Crippen molar-refractivity contribution in [1.29, 1.82) is 0 Å². The Balaban J connectivity index is 1.48. The van der Waals surface area contributed by atoms with Crippen molar-refractivity contribution in [2.24, 2.45) is 5.92 Å². The van der Waals surface area contributed by atoms with Crippen LogP contribution in [0.4, 0.5) is 0 Å². The topological polar surface area (TPSA) is 95.0 Å². The van der Waals surface area contributed by atoms with Crippen LogP contribution in [0.5, 0.6) is 5.75 Å². The number of pyridine rings is 1. The van der Waals surface area contributed by atoms with E-state index >= 15 is 0 Å². The molecule has 34 heavy (non-hydrogen) atoms. The van der Waals surface area contributed by atoms with Crippen LogP contribution in [0.1, 0.15) is 23.2 Å². The number of carbonyl (C=O) groups excluding carboxylic acids is 3. The summed E-state index contributed by atoms with van der Waals surface area (Å²) in [6, 6.07) is 16.4. The van der Waals surface area contributed by atoms with E-state index in [-0.39, 0.29) is 24.4 Å². The largest absolute Gasteiger partial charge is 0.497 e. The molecule has 176 valence electrons. The van der Waals surface area contributed by atoms with Crippen LogP contribution in [0.3, 0.4) is 0 Å². The standard InChI is InChI=1S/C26H26N2O6/c1-32-19-9-7-17(8-10-19)23-15-21(20-5-3-4-6-22(20)27-23)26(31)34-16-24(29)28-13-11-18(12-14-28)25(30)33-2/h3-10,15,18H,11-14,16H2,1-2H3. The van der Waals surface area contributed by atoms with Crippen molar-refractivity contribution < 1.29 is 28.6 Å². The summed E-state index contributed by atoms with van der Waals surface area (Å²) in [5.74, 6) is -0.609. The van der Waals surface area contributed by atoms with E-state index in [1.807, 2.05) is 42.5 Å².